The van der Waals surface area contributed by atoms with E-state index in [0.717, 1.165) is 16.1 Å². The largest absolute Gasteiger partial charge is 0.383 e. The molecule has 2 nitrogen and oxygen atoms in total. The van der Waals surface area contributed by atoms with E-state index in [1.54, 1.807) is 7.11 Å². The number of rotatable bonds is 4. The predicted octanol–water partition coefficient (Wildman–Crippen LogP) is 2.56. The van der Waals surface area contributed by atoms with Gasteiger partial charge >= 0.3 is 0 Å². The normalized spacial score (nSPS) is 12.9. The summed E-state index contributed by atoms with van der Waals surface area (Å²) in [7, 11) is 3.59. The van der Waals surface area contributed by atoms with Crippen molar-refractivity contribution in [2.45, 2.75) is 13.0 Å². The fraction of sp³-hybridized carbons (Fsp3) is 0.455. The Morgan fingerprint density at radius 3 is 2.79 bits per heavy atom. The summed E-state index contributed by atoms with van der Waals surface area (Å²) in [6.07, 6.45) is 0. The number of likely N-dealkylation sites (N-methyl/N-ethyl adjacent to an activating group) is 1. The summed E-state index contributed by atoms with van der Waals surface area (Å²) in [6.45, 7) is 2.63. The van der Waals surface area contributed by atoms with Crippen molar-refractivity contribution < 1.29 is 4.74 Å². The number of benzene rings is 1. The zero-order valence-electron chi connectivity index (χ0n) is 8.80. The van der Waals surface area contributed by atoms with Gasteiger partial charge in [0.05, 0.1) is 12.6 Å². The van der Waals surface area contributed by atoms with Crippen LogP contribution in [-0.4, -0.2) is 20.8 Å². The lowest BCUT2D eigenvalue weighted by molar-refractivity contribution is 0.170. The molecular weight excluding hydrogens is 198 g/mol. The molecule has 0 fully saturated rings. The quantitative estimate of drug-likeness (QED) is 0.830. The van der Waals surface area contributed by atoms with Crippen molar-refractivity contribution in [2.75, 3.05) is 20.8 Å². The molecule has 3 heteroatoms. The fourth-order valence-corrected chi connectivity index (χ4v) is 1.69. The lowest BCUT2D eigenvalue weighted by Gasteiger charge is -2.17. The van der Waals surface area contributed by atoms with Gasteiger partial charge in [-0.05, 0) is 25.1 Å². The second-order valence-electron chi connectivity index (χ2n) is 3.27. The lowest BCUT2D eigenvalue weighted by Crippen LogP contribution is -2.21. The van der Waals surface area contributed by atoms with E-state index in [1.807, 2.05) is 32.2 Å². The van der Waals surface area contributed by atoms with Crippen molar-refractivity contribution in [2.24, 2.45) is 0 Å². The summed E-state index contributed by atoms with van der Waals surface area (Å²) < 4.78 is 5.12. The van der Waals surface area contributed by atoms with Crippen LogP contribution in [0.3, 0.4) is 0 Å². The maximum absolute atomic E-state index is 6.21. The first-order valence-electron chi connectivity index (χ1n) is 4.62. The maximum Gasteiger partial charge on any atom is 0.0658 e. The minimum absolute atomic E-state index is 0.160. The Morgan fingerprint density at radius 1 is 1.50 bits per heavy atom. The number of nitrogens with one attached hydrogen (secondary N) is 1. The van der Waals surface area contributed by atoms with E-state index in [-0.39, 0.29) is 6.04 Å². The Kier molecular flexibility index (Phi) is 4.39. The summed E-state index contributed by atoms with van der Waals surface area (Å²) >= 11 is 6.21. The summed E-state index contributed by atoms with van der Waals surface area (Å²) in [5.41, 5.74) is 2.19. The van der Waals surface area contributed by atoms with Crippen LogP contribution in [0.4, 0.5) is 0 Å². The van der Waals surface area contributed by atoms with Gasteiger partial charge in [0.2, 0.25) is 0 Å². The smallest absolute Gasteiger partial charge is 0.0658 e. The number of halogens is 1. The molecule has 0 bridgehead atoms. The first-order chi connectivity index (χ1) is 6.70. The van der Waals surface area contributed by atoms with E-state index in [0.29, 0.717) is 6.61 Å². The van der Waals surface area contributed by atoms with Crippen molar-refractivity contribution in [3.63, 3.8) is 0 Å². The minimum Gasteiger partial charge on any atom is -0.383 e. The third-order valence-electron chi connectivity index (χ3n) is 2.28. The van der Waals surface area contributed by atoms with Gasteiger partial charge in [-0.15, -0.1) is 0 Å². The highest BCUT2D eigenvalue weighted by molar-refractivity contribution is 6.32. The van der Waals surface area contributed by atoms with Crippen LogP contribution < -0.4 is 5.32 Å². The Labute approximate surface area is 90.2 Å². The molecule has 0 aliphatic carbocycles. The molecule has 1 aromatic carbocycles. The van der Waals surface area contributed by atoms with E-state index in [4.69, 9.17) is 16.3 Å². The van der Waals surface area contributed by atoms with Crippen molar-refractivity contribution in [3.8, 4) is 0 Å². The van der Waals surface area contributed by atoms with Crippen LogP contribution in [0.1, 0.15) is 17.2 Å². The number of hydrogen-bond acceptors (Lipinski definition) is 2. The Hall–Kier alpha value is -0.570. The summed E-state index contributed by atoms with van der Waals surface area (Å²) in [5, 5.41) is 4.00. The molecule has 0 aromatic heterocycles. The molecule has 14 heavy (non-hydrogen) atoms. The first kappa shape index (κ1) is 11.5. The highest BCUT2D eigenvalue weighted by atomic mass is 35.5. The molecule has 1 rings (SSSR count). The standard InChI is InChI=1S/C11H16ClNO/c1-8-5-4-6-9(11(8)12)10(13-2)7-14-3/h4-6,10,13H,7H2,1-3H3. The van der Waals surface area contributed by atoms with E-state index in [2.05, 4.69) is 5.32 Å². The molecule has 1 atom stereocenters. The topological polar surface area (TPSA) is 21.3 Å². The summed E-state index contributed by atoms with van der Waals surface area (Å²) in [4.78, 5) is 0. The number of methoxy groups -OCH3 is 1. The van der Waals surface area contributed by atoms with Gasteiger partial charge in [-0.3, -0.25) is 0 Å². The molecule has 0 saturated carbocycles. The van der Waals surface area contributed by atoms with Crippen LogP contribution in [0.25, 0.3) is 0 Å². The number of aryl methyl sites for hydroxylation is 1. The fourth-order valence-electron chi connectivity index (χ4n) is 1.43. The number of ether oxygens (including phenoxy) is 1. The van der Waals surface area contributed by atoms with E-state index in [1.165, 1.54) is 0 Å². The number of hydrogen-bond donors (Lipinski definition) is 1. The van der Waals surface area contributed by atoms with Gasteiger partial charge in [0, 0.05) is 12.1 Å². The van der Waals surface area contributed by atoms with Crippen LogP contribution in [0.2, 0.25) is 5.02 Å². The summed E-state index contributed by atoms with van der Waals surface area (Å²) in [5.74, 6) is 0. The van der Waals surface area contributed by atoms with Gasteiger partial charge in [-0.25, -0.2) is 0 Å². The maximum atomic E-state index is 6.21. The van der Waals surface area contributed by atoms with Crippen molar-refractivity contribution in [1.82, 2.24) is 5.32 Å². The zero-order chi connectivity index (χ0) is 10.6. The van der Waals surface area contributed by atoms with Crippen LogP contribution in [0, 0.1) is 6.92 Å². The molecule has 78 valence electrons. The SMILES string of the molecule is CNC(COC)c1cccc(C)c1Cl. The lowest BCUT2D eigenvalue weighted by atomic mass is 10.1. The minimum atomic E-state index is 0.160. The molecule has 0 amide bonds. The summed E-state index contributed by atoms with van der Waals surface area (Å²) in [6, 6.07) is 6.20. The van der Waals surface area contributed by atoms with Crippen LogP contribution in [0.15, 0.2) is 18.2 Å². The molecule has 0 aliphatic heterocycles. The van der Waals surface area contributed by atoms with Crippen molar-refractivity contribution in [1.29, 1.82) is 0 Å². The van der Waals surface area contributed by atoms with Crippen LogP contribution >= 0.6 is 11.6 Å². The van der Waals surface area contributed by atoms with Gasteiger partial charge in [0.1, 0.15) is 0 Å². The van der Waals surface area contributed by atoms with E-state index < -0.39 is 0 Å². The zero-order valence-corrected chi connectivity index (χ0v) is 9.56. The van der Waals surface area contributed by atoms with Crippen molar-refractivity contribution in [3.05, 3.63) is 34.3 Å². The molecule has 1 N–H and O–H groups in total. The molecule has 0 aliphatic rings. The molecule has 1 unspecified atom stereocenters. The average Bonchev–Trinajstić information content (AvgIpc) is 2.19. The van der Waals surface area contributed by atoms with Gasteiger partial charge in [-0.1, -0.05) is 29.8 Å². The highest BCUT2D eigenvalue weighted by Crippen LogP contribution is 2.25. The van der Waals surface area contributed by atoms with Crippen LogP contribution in [-0.2, 0) is 4.74 Å². The van der Waals surface area contributed by atoms with Gasteiger partial charge in [0.15, 0.2) is 0 Å². The van der Waals surface area contributed by atoms with Crippen LogP contribution in [0.5, 0.6) is 0 Å². The van der Waals surface area contributed by atoms with E-state index >= 15 is 0 Å². The molecule has 0 heterocycles. The second-order valence-corrected chi connectivity index (χ2v) is 3.65. The molecule has 1 aromatic rings. The molecule has 0 spiro atoms. The Bertz CT molecular complexity index is 301. The Morgan fingerprint density at radius 2 is 2.21 bits per heavy atom. The Balaban J connectivity index is 2.97. The third kappa shape index (κ3) is 2.47. The highest BCUT2D eigenvalue weighted by Gasteiger charge is 2.13. The monoisotopic (exact) mass is 213 g/mol. The van der Waals surface area contributed by atoms with E-state index in [9.17, 15) is 0 Å². The van der Waals surface area contributed by atoms with Gasteiger partial charge in [0.25, 0.3) is 0 Å². The van der Waals surface area contributed by atoms with Gasteiger partial charge in [-0.2, -0.15) is 0 Å². The second kappa shape index (κ2) is 5.35. The molecule has 0 saturated heterocycles. The van der Waals surface area contributed by atoms with Crippen molar-refractivity contribution >= 4 is 11.6 Å². The molecule has 0 radical (unpaired) electrons. The average molecular weight is 214 g/mol. The third-order valence-corrected chi connectivity index (χ3v) is 2.80. The molecular formula is C11H16ClNO. The van der Waals surface area contributed by atoms with Gasteiger partial charge < -0.3 is 10.1 Å². The predicted molar refractivity (Wildman–Crippen MR) is 59.9 cm³/mol. The first-order valence-corrected chi connectivity index (χ1v) is 4.99.